The molecule has 2 aromatic carbocycles. The van der Waals surface area contributed by atoms with Gasteiger partial charge in [-0.3, -0.25) is 9.59 Å². The van der Waals surface area contributed by atoms with E-state index in [-0.39, 0.29) is 12.2 Å². The summed E-state index contributed by atoms with van der Waals surface area (Å²) in [6.45, 7) is 0.241. The van der Waals surface area contributed by atoms with Crippen molar-refractivity contribution < 1.29 is 14.1 Å². The van der Waals surface area contributed by atoms with Gasteiger partial charge < -0.3 is 9.84 Å². The first-order valence-electron chi connectivity index (χ1n) is 7.30. The maximum atomic E-state index is 12.5. The molecular formula is C18H13N3O3. The molecule has 0 spiro atoms. The van der Waals surface area contributed by atoms with Gasteiger partial charge in [-0.1, -0.05) is 47.6 Å². The van der Waals surface area contributed by atoms with Crippen molar-refractivity contribution in [3.63, 3.8) is 0 Å². The van der Waals surface area contributed by atoms with Crippen molar-refractivity contribution in [1.82, 2.24) is 10.5 Å². The average molecular weight is 319 g/mol. The van der Waals surface area contributed by atoms with Gasteiger partial charge in [-0.2, -0.15) is 5.26 Å². The van der Waals surface area contributed by atoms with E-state index in [1.807, 2.05) is 30.3 Å². The Bertz CT molecular complexity index is 925. The van der Waals surface area contributed by atoms with Crippen molar-refractivity contribution in [3.8, 4) is 6.07 Å². The molecule has 0 saturated heterocycles. The Morgan fingerprint density at radius 1 is 1.12 bits per heavy atom. The smallest absolute Gasteiger partial charge is 0.245 e. The molecule has 1 amide bonds. The van der Waals surface area contributed by atoms with E-state index in [9.17, 15) is 14.9 Å². The van der Waals surface area contributed by atoms with Gasteiger partial charge in [-0.05, 0) is 17.7 Å². The molecular weight excluding hydrogens is 306 g/mol. The minimum absolute atomic E-state index is 0.00740. The summed E-state index contributed by atoms with van der Waals surface area (Å²) >= 11 is 0. The second kappa shape index (κ2) is 6.75. The molecule has 0 saturated carbocycles. The molecule has 1 heterocycles. The van der Waals surface area contributed by atoms with Gasteiger partial charge in [-0.15, -0.1) is 0 Å². The van der Waals surface area contributed by atoms with Crippen molar-refractivity contribution >= 4 is 22.7 Å². The fraction of sp³-hybridized carbons (Fsp3) is 0.111. The summed E-state index contributed by atoms with van der Waals surface area (Å²) in [5.74, 6) is -2.80. The van der Waals surface area contributed by atoms with Crippen LogP contribution in [0.25, 0.3) is 11.0 Å². The van der Waals surface area contributed by atoms with Crippen LogP contribution < -0.4 is 5.32 Å². The highest BCUT2D eigenvalue weighted by Crippen LogP contribution is 2.20. The zero-order chi connectivity index (χ0) is 16.9. The lowest BCUT2D eigenvalue weighted by molar-refractivity contribution is -0.122. The first-order chi connectivity index (χ1) is 11.7. The minimum atomic E-state index is -1.47. The molecule has 24 heavy (non-hydrogen) atoms. The van der Waals surface area contributed by atoms with E-state index in [0.717, 1.165) is 5.56 Å². The number of fused-ring (bicyclic) bond motifs is 1. The van der Waals surface area contributed by atoms with Crippen molar-refractivity contribution in [3.05, 3.63) is 65.9 Å². The largest absolute Gasteiger partial charge is 0.356 e. The Hall–Kier alpha value is -3.46. The number of hydrogen-bond acceptors (Lipinski definition) is 5. The number of amides is 1. The number of nitriles is 1. The summed E-state index contributed by atoms with van der Waals surface area (Å²) in [4.78, 5) is 24.7. The molecule has 1 unspecified atom stereocenters. The quantitative estimate of drug-likeness (QED) is 0.575. The first-order valence-corrected chi connectivity index (χ1v) is 7.30. The van der Waals surface area contributed by atoms with Crippen molar-refractivity contribution in [2.75, 3.05) is 0 Å². The summed E-state index contributed by atoms with van der Waals surface area (Å²) in [6, 6.07) is 17.8. The Balaban J connectivity index is 1.77. The molecule has 1 aromatic heterocycles. The summed E-state index contributed by atoms with van der Waals surface area (Å²) in [5.41, 5.74) is 1.30. The van der Waals surface area contributed by atoms with Gasteiger partial charge in [0.2, 0.25) is 11.7 Å². The lowest BCUT2D eigenvalue weighted by atomic mass is 10.00. The first kappa shape index (κ1) is 15.4. The van der Waals surface area contributed by atoms with Crippen LogP contribution in [0.1, 0.15) is 16.1 Å². The zero-order valence-corrected chi connectivity index (χ0v) is 12.6. The number of hydrogen-bond donors (Lipinski definition) is 1. The molecule has 1 N–H and O–H groups in total. The molecule has 3 rings (SSSR count). The van der Waals surface area contributed by atoms with Crippen LogP contribution in [0.3, 0.4) is 0 Å². The predicted octanol–water partition coefficient (Wildman–Crippen LogP) is 2.47. The van der Waals surface area contributed by atoms with Crippen molar-refractivity contribution in [2.45, 2.75) is 6.54 Å². The monoisotopic (exact) mass is 319 g/mol. The highest BCUT2D eigenvalue weighted by molar-refractivity contribution is 6.15. The van der Waals surface area contributed by atoms with Gasteiger partial charge in [0, 0.05) is 6.54 Å². The molecule has 0 bridgehead atoms. The topological polar surface area (TPSA) is 96.0 Å². The number of rotatable bonds is 5. The number of carbonyl (C=O) groups is 2. The van der Waals surface area contributed by atoms with Gasteiger partial charge in [0.05, 0.1) is 11.5 Å². The van der Waals surface area contributed by atoms with E-state index in [0.29, 0.717) is 11.0 Å². The number of nitrogens with one attached hydrogen (secondary N) is 1. The van der Waals surface area contributed by atoms with E-state index in [4.69, 9.17) is 4.52 Å². The molecule has 6 heteroatoms. The molecule has 0 radical (unpaired) electrons. The van der Waals surface area contributed by atoms with E-state index in [1.165, 1.54) is 0 Å². The third-order valence-electron chi connectivity index (χ3n) is 3.57. The lowest BCUT2D eigenvalue weighted by Gasteiger charge is -2.08. The molecule has 0 aliphatic heterocycles. The summed E-state index contributed by atoms with van der Waals surface area (Å²) in [5, 5.41) is 16.0. The SMILES string of the molecule is N#CC(C(=O)NCc1ccccc1)C(=O)c1noc2ccccc12. The number of benzene rings is 2. The molecule has 0 aliphatic carbocycles. The van der Waals surface area contributed by atoms with Crippen LogP contribution >= 0.6 is 0 Å². The second-order valence-corrected chi connectivity index (χ2v) is 5.16. The number of ketones is 1. The number of carbonyl (C=O) groups excluding carboxylic acids is 2. The normalized spacial score (nSPS) is 11.6. The third-order valence-corrected chi connectivity index (χ3v) is 3.57. The molecule has 1 atom stereocenters. The van der Waals surface area contributed by atoms with Gasteiger partial charge in [0.25, 0.3) is 0 Å². The zero-order valence-electron chi connectivity index (χ0n) is 12.6. The molecule has 3 aromatic rings. The van der Waals surface area contributed by atoms with Gasteiger partial charge in [-0.25, -0.2) is 0 Å². The van der Waals surface area contributed by atoms with Crippen LogP contribution in [0.4, 0.5) is 0 Å². The highest BCUT2D eigenvalue weighted by Gasteiger charge is 2.31. The third kappa shape index (κ3) is 3.01. The van der Waals surface area contributed by atoms with Crippen molar-refractivity contribution in [2.24, 2.45) is 5.92 Å². The summed E-state index contributed by atoms with van der Waals surface area (Å²) in [6.07, 6.45) is 0. The van der Waals surface area contributed by atoms with Crippen LogP contribution in [0.15, 0.2) is 59.1 Å². The van der Waals surface area contributed by atoms with Crippen LogP contribution in [0.2, 0.25) is 0 Å². The number of aromatic nitrogens is 1. The maximum absolute atomic E-state index is 12.5. The predicted molar refractivity (Wildman–Crippen MR) is 85.7 cm³/mol. The van der Waals surface area contributed by atoms with Gasteiger partial charge >= 0.3 is 0 Å². The Labute approximate surface area is 137 Å². The lowest BCUT2D eigenvalue weighted by Crippen LogP contribution is -2.34. The van der Waals surface area contributed by atoms with E-state index >= 15 is 0 Å². The Kier molecular flexibility index (Phi) is 4.34. The number of para-hydroxylation sites is 1. The standard InChI is InChI=1S/C18H13N3O3/c19-10-14(18(23)20-11-12-6-2-1-3-7-12)17(22)16-13-8-4-5-9-15(13)24-21-16/h1-9,14H,11H2,(H,20,23). The van der Waals surface area contributed by atoms with Crippen LogP contribution in [0, 0.1) is 17.2 Å². The Morgan fingerprint density at radius 3 is 2.58 bits per heavy atom. The fourth-order valence-corrected chi connectivity index (χ4v) is 2.32. The molecule has 0 aliphatic rings. The van der Waals surface area contributed by atoms with Crippen LogP contribution in [0.5, 0.6) is 0 Å². The summed E-state index contributed by atoms with van der Waals surface area (Å²) < 4.78 is 5.06. The van der Waals surface area contributed by atoms with Crippen LogP contribution in [-0.2, 0) is 11.3 Å². The maximum Gasteiger partial charge on any atom is 0.245 e. The molecule has 6 nitrogen and oxygen atoms in total. The highest BCUT2D eigenvalue weighted by atomic mass is 16.5. The van der Waals surface area contributed by atoms with E-state index in [2.05, 4.69) is 10.5 Å². The van der Waals surface area contributed by atoms with Gasteiger partial charge in [0.15, 0.2) is 17.2 Å². The van der Waals surface area contributed by atoms with E-state index < -0.39 is 17.6 Å². The van der Waals surface area contributed by atoms with Crippen LogP contribution in [-0.4, -0.2) is 16.8 Å². The molecule has 118 valence electrons. The second-order valence-electron chi connectivity index (χ2n) is 5.16. The number of nitrogens with zero attached hydrogens (tertiary/aromatic N) is 2. The minimum Gasteiger partial charge on any atom is -0.356 e. The van der Waals surface area contributed by atoms with Gasteiger partial charge in [0.1, 0.15) is 0 Å². The summed E-state index contributed by atoms with van der Waals surface area (Å²) in [7, 11) is 0. The number of Topliss-reactive ketones (excluding diaryl/α,β-unsaturated/α-hetero) is 1. The van der Waals surface area contributed by atoms with E-state index in [1.54, 1.807) is 30.3 Å². The average Bonchev–Trinajstić information content (AvgIpc) is 3.05. The fourth-order valence-electron chi connectivity index (χ4n) is 2.32. The molecule has 0 fully saturated rings. The van der Waals surface area contributed by atoms with Crippen molar-refractivity contribution in [1.29, 1.82) is 5.26 Å². The Morgan fingerprint density at radius 2 is 1.83 bits per heavy atom.